The summed E-state index contributed by atoms with van der Waals surface area (Å²) in [5.74, 6) is 0.142. The lowest BCUT2D eigenvalue weighted by molar-refractivity contribution is -0.138. The van der Waals surface area contributed by atoms with Crippen LogP contribution in [0.1, 0.15) is 115 Å². The van der Waals surface area contributed by atoms with Crippen molar-refractivity contribution in [3.8, 4) is 5.75 Å². The average molecular weight is 463 g/mol. The Hall–Kier alpha value is -2.04. The van der Waals surface area contributed by atoms with Crippen molar-refractivity contribution in [1.82, 2.24) is 0 Å². The second kappa shape index (κ2) is 18.4. The number of rotatable bonds is 21. The molecule has 0 spiro atoms. The average Bonchev–Trinajstić information content (AvgIpc) is 2.76. The van der Waals surface area contributed by atoms with Crippen LogP contribution >= 0.6 is 0 Å². The lowest BCUT2D eigenvalue weighted by Gasteiger charge is -2.17. The maximum Gasteiger partial charge on any atom is 0.303 e. The van der Waals surface area contributed by atoms with Crippen molar-refractivity contribution < 1.29 is 24.5 Å². The van der Waals surface area contributed by atoms with Gasteiger partial charge in [0, 0.05) is 12.8 Å². The fourth-order valence-corrected chi connectivity index (χ4v) is 4.10. The van der Waals surface area contributed by atoms with Crippen LogP contribution in [0.5, 0.6) is 5.75 Å². The number of aryl methyl sites for hydroxylation is 1. The molecule has 1 aromatic carbocycles. The molecule has 188 valence electrons. The second-order valence-electron chi connectivity index (χ2n) is 9.63. The van der Waals surface area contributed by atoms with Gasteiger partial charge in [0.15, 0.2) is 0 Å². The molecule has 0 heterocycles. The van der Waals surface area contributed by atoms with Crippen molar-refractivity contribution in [3.63, 3.8) is 0 Å². The highest BCUT2D eigenvalue weighted by molar-refractivity contribution is 5.66. The molecule has 0 aliphatic carbocycles. The van der Waals surface area contributed by atoms with Gasteiger partial charge in [-0.25, -0.2) is 0 Å². The minimum absolute atomic E-state index is 0.284. The van der Waals surface area contributed by atoms with Crippen LogP contribution in [0, 0.1) is 5.92 Å². The molecule has 5 heteroatoms. The Kier molecular flexibility index (Phi) is 16.2. The molecule has 0 saturated carbocycles. The van der Waals surface area contributed by atoms with Gasteiger partial charge in [0.1, 0.15) is 5.75 Å². The molecular weight excluding hydrogens is 416 g/mol. The third kappa shape index (κ3) is 15.4. The van der Waals surface area contributed by atoms with E-state index in [1.807, 2.05) is 0 Å². The van der Waals surface area contributed by atoms with Gasteiger partial charge >= 0.3 is 11.9 Å². The molecule has 33 heavy (non-hydrogen) atoms. The molecule has 0 unspecified atom stereocenters. The molecule has 1 rings (SSSR count). The van der Waals surface area contributed by atoms with Crippen LogP contribution in [0.2, 0.25) is 0 Å². The van der Waals surface area contributed by atoms with E-state index >= 15 is 0 Å². The van der Waals surface area contributed by atoms with E-state index in [1.54, 1.807) is 0 Å². The molecule has 2 N–H and O–H groups in total. The molecule has 0 bridgehead atoms. The molecule has 0 aliphatic heterocycles. The van der Waals surface area contributed by atoms with E-state index in [2.05, 4.69) is 32.0 Å². The molecule has 0 saturated heterocycles. The summed E-state index contributed by atoms with van der Waals surface area (Å²) in [6.07, 6.45) is 15.4. The zero-order chi connectivity index (χ0) is 24.3. The van der Waals surface area contributed by atoms with Crippen molar-refractivity contribution in [2.24, 2.45) is 5.92 Å². The highest BCUT2D eigenvalue weighted by Crippen LogP contribution is 2.27. The van der Waals surface area contributed by atoms with Crippen LogP contribution in [0.15, 0.2) is 18.2 Å². The fourth-order valence-electron chi connectivity index (χ4n) is 4.10. The SMILES string of the molecule is CC(C)COc1cccc(CCCCCCCCC(=O)O)c1CCCCCCCCC(=O)O. The monoisotopic (exact) mass is 462 g/mol. The van der Waals surface area contributed by atoms with Crippen molar-refractivity contribution in [2.45, 2.75) is 117 Å². The molecule has 0 atom stereocenters. The molecule has 0 aliphatic rings. The van der Waals surface area contributed by atoms with Crippen LogP contribution < -0.4 is 4.74 Å². The Morgan fingerprint density at radius 1 is 0.727 bits per heavy atom. The van der Waals surface area contributed by atoms with Gasteiger partial charge in [-0.05, 0) is 61.6 Å². The lowest BCUT2D eigenvalue weighted by Crippen LogP contribution is -2.08. The Balaban J connectivity index is 2.46. The molecule has 5 nitrogen and oxygen atoms in total. The normalized spacial score (nSPS) is 11.1. The Bertz CT molecular complexity index is 668. The first-order valence-corrected chi connectivity index (χ1v) is 13.1. The third-order valence-electron chi connectivity index (χ3n) is 5.96. The molecule has 0 fully saturated rings. The first-order chi connectivity index (χ1) is 15.9. The summed E-state index contributed by atoms with van der Waals surface area (Å²) in [6.45, 7) is 5.07. The molecule has 0 aromatic heterocycles. The smallest absolute Gasteiger partial charge is 0.303 e. The highest BCUT2D eigenvalue weighted by Gasteiger charge is 2.11. The van der Waals surface area contributed by atoms with Gasteiger partial charge in [0.25, 0.3) is 0 Å². The van der Waals surface area contributed by atoms with E-state index in [1.165, 1.54) is 30.4 Å². The van der Waals surface area contributed by atoms with Gasteiger partial charge in [0.2, 0.25) is 0 Å². The molecule has 1 aromatic rings. The summed E-state index contributed by atoms with van der Waals surface area (Å²) in [5, 5.41) is 17.4. The Morgan fingerprint density at radius 3 is 1.73 bits per heavy atom. The maximum atomic E-state index is 10.6. The van der Waals surface area contributed by atoms with Gasteiger partial charge in [-0.2, -0.15) is 0 Å². The summed E-state index contributed by atoms with van der Waals surface area (Å²) >= 11 is 0. The quantitative estimate of drug-likeness (QED) is 0.185. The molecule has 0 radical (unpaired) electrons. The van der Waals surface area contributed by atoms with Gasteiger partial charge in [0.05, 0.1) is 6.61 Å². The number of unbranched alkanes of at least 4 members (excludes halogenated alkanes) is 10. The maximum absolute atomic E-state index is 10.6. The summed E-state index contributed by atoms with van der Waals surface area (Å²) in [5.41, 5.74) is 2.77. The number of carboxylic acid groups (broad SMARTS) is 2. The van der Waals surface area contributed by atoms with E-state index in [0.717, 1.165) is 83.0 Å². The van der Waals surface area contributed by atoms with Crippen molar-refractivity contribution in [2.75, 3.05) is 6.61 Å². The second-order valence-corrected chi connectivity index (χ2v) is 9.63. The van der Waals surface area contributed by atoms with Gasteiger partial charge in [-0.15, -0.1) is 0 Å². The van der Waals surface area contributed by atoms with Crippen LogP contribution in [0.3, 0.4) is 0 Å². The number of carbonyl (C=O) groups is 2. The van der Waals surface area contributed by atoms with Crippen LogP contribution in [-0.4, -0.2) is 28.8 Å². The largest absolute Gasteiger partial charge is 0.493 e. The number of aliphatic carboxylic acids is 2. The minimum atomic E-state index is -0.696. The lowest BCUT2D eigenvalue weighted by atomic mass is 9.95. The number of hydrogen-bond donors (Lipinski definition) is 2. The van der Waals surface area contributed by atoms with E-state index in [-0.39, 0.29) is 12.8 Å². The zero-order valence-corrected chi connectivity index (χ0v) is 20.9. The molecule has 0 amide bonds. The Morgan fingerprint density at radius 2 is 1.21 bits per heavy atom. The fraction of sp³-hybridized carbons (Fsp3) is 0.714. The minimum Gasteiger partial charge on any atom is -0.493 e. The van der Waals surface area contributed by atoms with Crippen LogP contribution in [0.25, 0.3) is 0 Å². The first kappa shape index (κ1) is 29.0. The highest BCUT2D eigenvalue weighted by atomic mass is 16.5. The van der Waals surface area contributed by atoms with E-state index in [4.69, 9.17) is 14.9 Å². The van der Waals surface area contributed by atoms with Gasteiger partial charge in [-0.3, -0.25) is 9.59 Å². The van der Waals surface area contributed by atoms with E-state index < -0.39 is 11.9 Å². The predicted molar refractivity (Wildman–Crippen MR) is 134 cm³/mol. The van der Waals surface area contributed by atoms with E-state index in [0.29, 0.717) is 5.92 Å². The topological polar surface area (TPSA) is 83.8 Å². The van der Waals surface area contributed by atoms with Crippen LogP contribution in [-0.2, 0) is 22.4 Å². The third-order valence-corrected chi connectivity index (χ3v) is 5.96. The Labute approximate surface area is 200 Å². The van der Waals surface area contributed by atoms with E-state index in [9.17, 15) is 9.59 Å². The first-order valence-electron chi connectivity index (χ1n) is 13.1. The number of ether oxygens (including phenoxy) is 1. The van der Waals surface area contributed by atoms with Crippen LogP contribution in [0.4, 0.5) is 0 Å². The number of carboxylic acids is 2. The summed E-state index contributed by atoms with van der Waals surface area (Å²) in [7, 11) is 0. The van der Waals surface area contributed by atoms with Crippen molar-refractivity contribution >= 4 is 11.9 Å². The zero-order valence-electron chi connectivity index (χ0n) is 20.9. The van der Waals surface area contributed by atoms with Gasteiger partial charge in [-0.1, -0.05) is 77.3 Å². The standard InChI is InChI=1S/C28H46O5/c1-23(2)22-33-26-19-15-17-24(16-11-7-3-5-9-13-20-27(29)30)25(26)18-12-8-4-6-10-14-21-28(31)32/h15,17,19,23H,3-14,16,18,20-22H2,1-2H3,(H,29,30)(H,31,32). The summed E-state index contributed by atoms with van der Waals surface area (Å²) in [4.78, 5) is 21.2. The number of hydrogen-bond acceptors (Lipinski definition) is 3. The van der Waals surface area contributed by atoms with Gasteiger partial charge < -0.3 is 14.9 Å². The predicted octanol–water partition coefficient (Wildman–Crippen LogP) is 7.44. The van der Waals surface area contributed by atoms with Crippen molar-refractivity contribution in [3.05, 3.63) is 29.3 Å². The summed E-state index contributed by atoms with van der Waals surface area (Å²) < 4.78 is 6.16. The molecular formula is C28H46O5. The summed E-state index contributed by atoms with van der Waals surface area (Å²) in [6, 6.07) is 6.47. The number of benzene rings is 1. The van der Waals surface area contributed by atoms with Crippen molar-refractivity contribution in [1.29, 1.82) is 0 Å².